The Balaban J connectivity index is 2.05. The van der Waals surface area contributed by atoms with Crippen LogP contribution in [0.4, 0.5) is 8.78 Å². The molecule has 0 saturated heterocycles. The van der Waals surface area contributed by atoms with Gasteiger partial charge >= 0.3 is 6.61 Å². The minimum Gasteiger partial charge on any atom is -0.507 e. The van der Waals surface area contributed by atoms with E-state index < -0.39 is 12.5 Å². The molecule has 2 N–H and O–H groups in total. The number of amides is 1. The van der Waals surface area contributed by atoms with Crippen LogP contribution < -0.4 is 14.8 Å². The number of hydrogen-bond donors (Lipinski definition) is 2. The van der Waals surface area contributed by atoms with E-state index in [1.54, 1.807) is 25.1 Å². The number of aromatic hydroxyl groups is 1. The molecule has 0 aromatic heterocycles. The predicted octanol–water partition coefficient (Wildman–Crippen LogP) is 3.49. The summed E-state index contributed by atoms with van der Waals surface area (Å²) in [5.41, 5.74) is 0.818. The van der Waals surface area contributed by atoms with Crippen LogP contribution in [0.3, 0.4) is 0 Å². The fourth-order valence-electron chi connectivity index (χ4n) is 2.13. The molecule has 0 aliphatic carbocycles. The summed E-state index contributed by atoms with van der Waals surface area (Å²) in [6.45, 7) is -1.15. The van der Waals surface area contributed by atoms with Crippen molar-refractivity contribution in [1.82, 2.24) is 5.32 Å². The van der Waals surface area contributed by atoms with Crippen LogP contribution in [-0.2, 0) is 0 Å². The van der Waals surface area contributed by atoms with Crippen molar-refractivity contribution in [3.05, 3.63) is 53.6 Å². The molecular weight excluding hydrogens is 320 g/mol. The standard InChI is InChI=1S/C17H17F2NO4/c1-10(11-3-5-12(6-4-11)24-17(18)19)20-16(22)14-8-7-13(23-2)9-15(14)21/h3-10,17,21H,1-2H3,(H,20,22)/t10-/m1/s1. The van der Waals surface area contributed by atoms with Crippen molar-refractivity contribution in [2.75, 3.05) is 7.11 Å². The van der Waals surface area contributed by atoms with Crippen molar-refractivity contribution >= 4 is 5.91 Å². The van der Waals surface area contributed by atoms with Crippen LogP contribution in [-0.4, -0.2) is 24.7 Å². The van der Waals surface area contributed by atoms with Crippen LogP contribution in [0.15, 0.2) is 42.5 Å². The average molecular weight is 337 g/mol. The minimum absolute atomic E-state index is 0.0417. The zero-order valence-electron chi connectivity index (χ0n) is 13.1. The number of rotatable bonds is 6. The van der Waals surface area contributed by atoms with Crippen LogP contribution >= 0.6 is 0 Å². The molecule has 2 rings (SSSR count). The van der Waals surface area contributed by atoms with E-state index in [1.165, 1.54) is 31.4 Å². The Bertz CT molecular complexity index is 704. The molecule has 0 radical (unpaired) electrons. The van der Waals surface area contributed by atoms with Crippen molar-refractivity contribution in [2.24, 2.45) is 0 Å². The van der Waals surface area contributed by atoms with E-state index in [4.69, 9.17) is 4.74 Å². The number of phenols is 1. The Kier molecular flexibility index (Phi) is 5.57. The van der Waals surface area contributed by atoms with Crippen LogP contribution in [0.2, 0.25) is 0 Å². The lowest BCUT2D eigenvalue weighted by Crippen LogP contribution is -2.26. The van der Waals surface area contributed by atoms with Gasteiger partial charge in [0.1, 0.15) is 17.2 Å². The number of methoxy groups -OCH3 is 1. The first-order chi connectivity index (χ1) is 11.4. The van der Waals surface area contributed by atoms with Gasteiger partial charge < -0.3 is 19.9 Å². The molecule has 0 saturated carbocycles. The lowest BCUT2D eigenvalue weighted by atomic mass is 10.1. The van der Waals surface area contributed by atoms with Gasteiger partial charge in [0.25, 0.3) is 5.91 Å². The largest absolute Gasteiger partial charge is 0.507 e. The number of benzene rings is 2. The van der Waals surface area contributed by atoms with Crippen LogP contribution in [0, 0.1) is 0 Å². The number of nitrogens with one attached hydrogen (secondary N) is 1. The number of carbonyl (C=O) groups is 1. The van der Waals surface area contributed by atoms with Crippen LogP contribution in [0.25, 0.3) is 0 Å². The van der Waals surface area contributed by atoms with Gasteiger partial charge in [-0.15, -0.1) is 0 Å². The van der Waals surface area contributed by atoms with Crippen molar-refractivity contribution in [1.29, 1.82) is 0 Å². The van der Waals surface area contributed by atoms with E-state index >= 15 is 0 Å². The molecule has 0 aliphatic heterocycles. The van der Waals surface area contributed by atoms with E-state index in [1.807, 2.05) is 0 Å². The van der Waals surface area contributed by atoms with Crippen molar-refractivity contribution in [3.63, 3.8) is 0 Å². The number of ether oxygens (including phenoxy) is 2. The lowest BCUT2D eigenvalue weighted by molar-refractivity contribution is -0.0498. The smallest absolute Gasteiger partial charge is 0.387 e. The van der Waals surface area contributed by atoms with Crippen molar-refractivity contribution in [3.8, 4) is 17.2 Å². The normalized spacial score (nSPS) is 11.9. The second-order valence-corrected chi connectivity index (χ2v) is 5.03. The second-order valence-electron chi connectivity index (χ2n) is 5.03. The van der Waals surface area contributed by atoms with Crippen LogP contribution in [0.5, 0.6) is 17.2 Å². The summed E-state index contributed by atoms with van der Waals surface area (Å²) in [5.74, 6) is -0.179. The summed E-state index contributed by atoms with van der Waals surface area (Å²) in [4.78, 5) is 12.2. The summed E-state index contributed by atoms with van der Waals surface area (Å²) in [6, 6.07) is 9.93. The molecule has 0 fully saturated rings. The summed E-state index contributed by atoms with van der Waals surface area (Å²) < 4.78 is 33.5. The summed E-state index contributed by atoms with van der Waals surface area (Å²) in [5, 5.41) is 12.6. The molecule has 1 amide bonds. The first-order valence-corrected chi connectivity index (χ1v) is 7.13. The van der Waals surface area contributed by atoms with Gasteiger partial charge in [-0.3, -0.25) is 4.79 Å². The molecular formula is C17H17F2NO4. The zero-order valence-corrected chi connectivity index (χ0v) is 13.1. The lowest BCUT2D eigenvalue weighted by Gasteiger charge is -2.16. The van der Waals surface area contributed by atoms with Gasteiger partial charge in [0.15, 0.2) is 0 Å². The number of halogens is 2. The molecule has 5 nitrogen and oxygen atoms in total. The van der Waals surface area contributed by atoms with Crippen molar-refractivity contribution < 1.29 is 28.2 Å². The summed E-state index contributed by atoms with van der Waals surface area (Å²) in [6.07, 6.45) is 0. The SMILES string of the molecule is COc1ccc(C(=O)N[C@H](C)c2ccc(OC(F)F)cc2)c(O)c1. The van der Waals surface area contributed by atoms with Crippen LogP contribution in [0.1, 0.15) is 28.9 Å². The second kappa shape index (κ2) is 7.63. The Labute approximate surface area is 137 Å². The van der Waals surface area contributed by atoms with Gasteiger partial charge in [-0.1, -0.05) is 12.1 Å². The van der Waals surface area contributed by atoms with Gasteiger partial charge in [0.05, 0.1) is 18.7 Å². The molecule has 7 heteroatoms. The monoisotopic (exact) mass is 337 g/mol. The Morgan fingerprint density at radius 1 is 1.12 bits per heavy atom. The topological polar surface area (TPSA) is 67.8 Å². The Hall–Kier alpha value is -2.83. The molecule has 2 aromatic rings. The first-order valence-electron chi connectivity index (χ1n) is 7.13. The van der Waals surface area contributed by atoms with E-state index in [9.17, 15) is 18.7 Å². The molecule has 24 heavy (non-hydrogen) atoms. The molecule has 128 valence electrons. The first kappa shape index (κ1) is 17.5. The highest BCUT2D eigenvalue weighted by Gasteiger charge is 2.15. The van der Waals surface area contributed by atoms with E-state index in [0.29, 0.717) is 11.3 Å². The predicted molar refractivity (Wildman–Crippen MR) is 83.6 cm³/mol. The Morgan fingerprint density at radius 3 is 2.29 bits per heavy atom. The molecule has 1 atom stereocenters. The third-order valence-electron chi connectivity index (χ3n) is 3.40. The third-order valence-corrected chi connectivity index (χ3v) is 3.40. The van der Waals surface area contributed by atoms with E-state index in [0.717, 1.165) is 0 Å². The van der Waals surface area contributed by atoms with Crippen molar-refractivity contribution in [2.45, 2.75) is 19.6 Å². The number of hydrogen-bond acceptors (Lipinski definition) is 4. The highest BCUT2D eigenvalue weighted by Crippen LogP contribution is 2.24. The number of phenolic OH excluding ortho intramolecular Hbond substituents is 1. The highest BCUT2D eigenvalue weighted by atomic mass is 19.3. The maximum absolute atomic E-state index is 12.2. The quantitative estimate of drug-likeness (QED) is 0.847. The molecule has 2 aromatic carbocycles. The summed E-state index contributed by atoms with van der Waals surface area (Å²) >= 11 is 0. The highest BCUT2D eigenvalue weighted by molar-refractivity contribution is 5.97. The third kappa shape index (κ3) is 4.34. The molecule has 0 unspecified atom stereocenters. The number of alkyl halides is 2. The molecule has 0 aliphatic rings. The number of carbonyl (C=O) groups excluding carboxylic acids is 1. The summed E-state index contributed by atoms with van der Waals surface area (Å²) in [7, 11) is 1.46. The van der Waals surface area contributed by atoms with Gasteiger partial charge in [0.2, 0.25) is 0 Å². The van der Waals surface area contributed by atoms with E-state index in [2.05, 4.69) is 10.1 Å². The molecule has 0 spiro atoms. The van der Waals surface area contributed by atoms with Gasteiger partial charge in [-0.05, 0) is 36.8 Å². The Morgan fingerprint density at radius 2 is 1.75 bits per heavy atom. The fraction of sp³-hybridized carbons (Fsp3) is 0.235. The molecule has 0 heterocycles. The molecule has 0 bridgehead atoms. The van der Waals surface area contributed by atoms with Gasteiger partial charge in [0, 0.05) is 6.07 Å². The zero-order chi connectivity index (χ0) is 17.7. The minimum atomic E-state index is -2.88. The maximum atomic E-state index is 12.2. The average Bonchev–Trinajstić information content (AvgIpc) is 2.54. The van der Waals surface area contributed by atoms with Gasteiger partial charge in [-0.25, -0.2) is 0 Å². The maximum Gasteiger partial charge on any atom is 0.387 e. The van der Waals surface area contributed by atoms with E-state index in [-0.39, 0.29) is 23.1 Å². The fourth-order valence-corrected chi connectivity index (χ4v) is 2.13. The van der Waals surface area contributed by atoms with Gasteiger partial charge in [-0.2, -0.15) is 8.78 Å².